The quantitative estimate of drug-likeness (QED) is 0.719. The summed E-state index contributed by atoms with van der Waals surface area (Å²) in [6, 6.07) is 4.02. The van der Waals surface area contributed by atoms with Crippen LogP contribution in [-0.2, 0) is 17.8 Å². The van der Waals surface area contributed by atoms with Crippen LogP contribution in [-0.4, -0.2) is 16.0 Å². The molecule has 0 spiro atoms. The van der Waals surface area contributed by atoms with E-state index < -0.39 is 0 Å². The van der Waals surface area contributed by atoms with Crippen LogP contribution in [0.4, 0.5) is 0 Å². The Balaban J connectivity index is 2.36. The van der Waals surface area contributed by atoms with Gasteiger partial charge in [-0.05, 0) is 28.1 Å². The molecule has 14 heavy (non-hydrogen) atoms. The second-order valence-corrected chi connectivity index (χ2v) is 4.21. The second-order valence-electron chi connectivity index (χ2n) is 3.36. The number of rotatable bonds is 0. The van der Waals surface area contributed by atoms with Crippen LogP contribution in [0, 0.1) is 0 Å². The zero-order valence-corrected chi connectivity index (χ0v) is 9.12. The smallest absolute Gasteiger partial charge is 0.151 e. The van der Waals surface area contributed by atoms with Gasteiger partial charge in [0.05, 0.1) is 29.1 Å². The van der Waals surface area contributed by atoms with E-state index in [0.29, 0.717) is 6.61 Å². The molecule has 2 aromatic rings. The van der Waals surface area contributed by atoms with E-state index in [0.717, 1.165) is 23.1 Å². The number of aromatic nitrogens is 2. The van der Waals surface area contributed by atoms with Crippen LogP contribution in [0.1, 0.15) is 11.4 Å². The van der Waals surface area contributed by atoms with Gasteiger partial charge in [0.25, 0.3) is 0 Å². The maximum atomic E-state index is 5.43. The molecule has 0 atom stereocenters. The number of imidazole rings is 1. The maximum Gasteiger partial charge on any atom is 0.151 e. The first-order valence-corrected chi connectivity index (χ1v) is 5.37. The van der Waals surface area contributed by atoms with Gasteiger partial charge in [0.15, 0.2) is 5.65 Å². The molecule has 1 aliphatic rings. The van der Waals surface area contributed by atoms with Crippen LogP contribution in [0.5, 0.6) is 0 Å². The minimum absolute atomic E-state index is 0.674. The van der Waals surface area contributed by atoms with E-state index in [1.165, 1.54) is 11.4 Å². The average Bonchev–Trinajstić information content (AvgIpc) is 2.59. The maximum absolute atomic E-state index is 5.43. The summed E-state index contributed by atoms with van der Waals surface area (Å²) in [5.74, 6) is 0. The minimum atomic E-state index is 0.674. The summed E-state index contributed by atoms with van der Waals surface area (Å²) in [4.78, 5) is 4.59. The van der Waals surface area contributed by atoms with E-state index in [1.807, 2.05) is 18.3 Å². The Labute approximate surface area is 89.8 Å². The lowest BCUT2D eigenvalue weighted by atomic mass is 10.2. The normalized spacial score (nSPS) is 15.8. The molecule has 1 aliphatic heterocycles. The topological polar surface area (TPSA) is 26.5 Å². The number of ether oxygens (including phenoxy) is 1. The van der Waals surface area contributed by atoms with Gasteiger partial charge in [0.2, 0.25) is 0 Å². The van der Waals surface area contributed by atoms with Crippen LogP contribution in [0.15, 0.2) is 22.8 Å². The van der Waals surface area contributed by atoms with Crippen molar-refractivity contribution in [3.8, 4) is 0 Å². The number of halogens is 1. The summed E-state index contributed by atoms with van der Waals surface area (Å²) in [6.45, 7) is 1.46. The van der Waals surface area contributed by atoms with Crippen molar-refractivity contribution in [1.29, 1.82) is 0 Å². The molecule has 3 heterocycles. The third-order valence-corrected chi connectivity index (χ3v) is 3.13. The van der Waals surface area contributed by atoms with Crippen molar-refractivity contribution in [3.05, 3.63) is 34.2 Å². The Bertz CT molecular complexity index is 492. The Morgan fingerprint density at radius 3 is 3.36 bits per heavy atom. The highest BCUT2D eigenvalue weighted by Crippen LogP contribution is 2.23. The summed E-state index contributed by atoms with van der Waals surface area (Å²) >= 11 is 3.50. The first kappa shape index (κ1) is 8.44. The molecular formula is C10H9BrN2O. The molecule has 0 saturated carbocycles. The molecule has 0 amide bonds. The molecule has 3 nitrogen and oxygen atoms in total. The van der Waals surface area contributed by atoms with Crippen LogP contribution >= 0.6 is 15.9 Å². The third-order valence-electron chi connectivity index (χ3n) is 2.51. The van der Waals surface area contributed by atoms with E-state index in [-0.39, 0.29) is 0 Å². The largest absolute Gasteiger partial charge is 0.375 e. The molecule has 0 fully saturated rings. The third kappa shape index (κ3) is 1.11. The van der Waals surface area contributed by atoms with Gasteiger partial charge in [-0.3, -0.25) is 0 Å². The van der Waals surface area contributed by atoms with Gasteiger partial charge in [-0.1, -0.05) is 0 Å². The fourth-order valence-corrected chi connectivity index (χ4v) is 2.25. The lowest BCUT2D eigenvalue weighted by molar-refractivity contribution is 0.106. The molecular weight excluding hydrogens is 244 g/mol. The Hall–Kier alpha value is -0.870. The lowest BCUT2D eigenvalue weighted by Gasteiger charge is -2.11. The summed E-state index contributed by atoms with van der Waals surface area (Å²) in [7, 11) is 0. The van der Waals surface area contributed by atoms with E-state index in [2.05, 4.69) is 25.3 Å². The zero-order valence-electron chi connectivity index (χ0n) is 7.53. The van der Waals surface area contributed by atoms with Gasteiger partial charge < -0.3 is 9.14 Å². The van der Waals surface area contributed by atoms with E-state index >= 15 is 0 Å². The summed E-state index contributed by atoms with van der Waals surface area (Å²) in [6.07, 6.45) is 2.95. The molecule has 4 heteroatoms. The average molecular weight is 253 g/mol. The molecule has 0 saturated heterocycles. The molecule has 0 N–H and O–H groups in total. The standard InChI is InChI=1S/C10H9BrN2O/c11-7-2-1-4-13-9-6-14-5-3-8(9)12-10(7)13/h1-2,4H,3,5-6H2. The van der Waals surface area contributed by atoms with Crippen LogP contribution in [0.3, 0.4) is 0 Å². The number of hydrogen-bond acceptors (Lipinski definition) is 2. The second kappa shape index (κ2) is 3.07. The highest BCUT2D eigenvalue weighted by molar-refractivity contribution is 9.10. The molecule has 0 aromatic carbocycles. The summed E-state index contributed by atoms with van der Waals surface area (Å²) in [5.41, 5.74) is 3.35. The number of hydrogen-bond donors (Lipinski definition) is 0. The van der Waals surface area contributed by atoms with Gasteiger partial charge in [0.1, 0.15) is 0 Å². The number of fused-ring (bicyclic) bond motifs is 3. The SMILES string of the molecule is Brc1cccn2c3c(nc12)CCOC3. The Kier molecular flexibility index (Phi) is 1.85. The van der Waals surface area contributed by atoms with Crippen molar-refractivity contribution in [3.63, 3.8) is 0 Å². The fraction of sp³-hybridized carbons (Fsp3) is 0.300. The predicted molar refractivity (Wildman–Crippen MR) is 56.3 cm³/mol. The molecule has 0 aliphatic carbocycles. The van der Waals surface area contributed by atoms with Gasteiger partial charge in [-0.25, -0.2) is 4.98 Å². The highest BCUT2D eigenvalue weighted by atomic mass is 79.9. The van der Waals surface area contributed by atoms with Crippen LogP contribution < -0.4 is 0 Å². The van der Waals surface area contributed by atoms with E-state index in [9.17, 15) is 0 Å². The first-order chi connectivity index (χ1) is 6.86. The summed E-state index contributed by atoms with van der Waals surface area (Å²) < 4.78 is 8.56. The molecule has 0 bridgehead atoms. The van der Waals surface area contributed by atoms with Gasteiger partial charge in [-0.2, -0.15) is 0 Å². The van der Waals surface area contributed by atoms with Crippen molar-refractivity contribution in [2.24, 2.45) is 0 Å². The van der Waals surface area contributed by atoms with Gasteiger partial charge in [0, 0.05) is 12.6 Å². The molecule has 72 valence electrons. The Morgan fingerprint density at radius 2 is 2.43 bits per heavy atom. The van der Waals surface area contributed by atoms with Crippen molar-refractivity contribution < 1.29 is 4.74 Å². The predicted octanol–water partition coefficient (Wildman–Crippen LogP) is 2.17. The van der Waals surface area contributed by atoms with Crippen molar-refractivity contribution in [1.82, 2.24) is 9.38 Å². The summed E-state index contributed by atoms with van der Waals surface area (Å²) in [5, 5.41) is 0. The van der Waals surface area contributed by atoms with Gasteiger partial charge >= 0.3 is 0 Å². The number of nitrogens with zero attached hydrogens (tertiary/aromatic N) is 2. The molecule has 3 rings (SSSR count). The van der Waals surface area contributed by atoms with Crippen LogP contribution in [0.25, 0.3) is 5.65 Å². The molecule has 0 unspecified atom stereocenters. The van der Waals surface area contributed by atoms with Crippen molar-refractivity contribution in [2.45, 2.75) is 13.0 Å². The molecule has 0 radical (unpaired) electrons. The minimum Gasteiger partial charge on any atom is -0.375 e. The molecule has 2 aromatic heterocycles. The van der Waals surface area contributed by atoms with Crippen molar-refractivity contribution >= 4 is 21.6 Å². The highest BCUT2D eigenvalue weighted by Gasteiger charge is 2.16. The number of pyridine rings is 1. The first-order valence-electron chi connectivity index (χ1n) is 4.58. The monoisotopic (exact) mass is 252 g/mol. The zero-order chi connectivity index (χ0) is 9.54. The van der Waals surface area contributed by atoms with Crippen LogP contribution in [0.2, 0.25) is 0 Å². The van der Waals surface area contributed by atoms with Gasteiger partial charge in [-0.15, -0.1) is 0 Å². The van der Waals surface area contributed by atoms with Crippen molar-refractivity contribution in [2.75, 3.05) is 6.61 Å². The lowest BCUT2D eigenvalue weighted by Crippen LogP contribution is -2.10. The fourth-order valence-electron chi connectivity index (χ4n) is 1.82. The van der Waals surface area contributed by atoms with E-state index in [1.54, 1.807) is 0 Å². The Morgan fingerprint density at radius 1 is 1.50 bits per heavy atom. The van der Waals surface area contributed by atoms with E-state index in [4.69, 9.17) is 4.74 Å².